The Hall–Kier alpha value is -3.41. The van der Waals surface area contributed by atoms with Crippen molar-refractivity contribution in [2.45, 2.75) is 25.8 Å². The first-order valence-corrected chi connectivity index (χ1v) is 9.38. The second-order valence-corrected chi connectivity index (χ2v) is 6.89. The van der Waals surface area contributed by atoms with E-state index in [9.17, 15) is 9.59 Å². The first-order valence-electron chi connectivity index (χ1n) is 9.38. The number of nitrogens with one attached hydrogen (secondary N) is 2. The van der Waals surface area contributed by atoms with Gasteiger partial charge in [-0.25, -0.2) is 4.98 Å². The van der Waals surface area contributed by atoms with Crippen LogP contribution in [0.3, 0.4) is 0 Å². The maximum atomic E-state index is 12.5. The molecule has 0 bridgehead atoms. The number of rotatable bonds is 5. The Morgan fingerprint density at radius 3 is 2.75 bits per heavy atom. The average Bonchev–Trinajstić information content (AvgIpc) is 3.10. The highest BCUT2D eigenvalue weighted by atomic mass is 16.2. The first-order chi connectivity index (χ1) is 13.6. The molecule has 28 heavy (non-hydrogen) atoms. The summed E-state index contributed by atoms with van der Waals surface area (Å²) in [5.74, 6) is 0.682. The molecule has 2 aromatic carbocycles. The van der Waals surface area contributed by atoms with Gasteiger partial charge in [-0.1, -0.05) is 36.4 Å². The monoisotopic (exact) mass is 374 g/mol. The van der Waals surface area contributed by atoms with Gasteiger partial charge < -0.3 is 15.2 Å². The van der Waals surface area contributed by atoms with Gasteiger partial charge in [0.25, 0.3) is 0 Å². The van der Waals surface area contributed by atoms with Crippen molar-refractivity contribution in [2.75, 3.05) is 6.54 Å². The molecule has 2 heterocycles. The van der Waals surface area contributed by atoms with Gasteiger partial charge in [-0.2, -0.15) is 0 Å². The van der Waals surface area contributed by atoms with Crippen LogP contribution in [-0.2, 0) is 16.0 Å². The van der Waals surface area contributed by atoms with Crippen molar-refractivity contribution < 1.29 is 9.59 Å². The van der Waals surface area contributed by atoms with E-state index in [2.05, 4.69) is 15.3 Å². The van der Waals surface area contributed by atoms with E-state index in [1.54, 1.807) is 11.1 Å². The van der Waals surface area contributed by atoms with Crippen molar-refractivity contribution >= 4 is 28.9 Å². The van der Waals surface area contributed by atoms with Crippen molar-refractivity contribution in [1.82, 2.24) is 20.2 Å². The van der Waals surface area contributed by atoms with Gasteiger partial charge >= 0.3 is 0 Å². The van der Waals surface area contributed by atoms with Crippen molar-refractivity contribution in [1.29, 1.82) is 0 Å². The number of aromatic nitrogens is 2. The second kappa shape index (κ2) is 7.68. The topological polar surface area (TPSA) is 78.1 Å². The van der Waals surface area contributed by atoms with Crippen molar-refractivity contribution in [3.05, 3.63) is 71.7 Å². The lowest BCUT2D eigenvalue weighted by molar-refractivity contribution is -0.129. The number of carbonyl (C=O) groups is 2. The number of imidazole rings is 1. The zero-order chi connectivity index (χ0) is 19.5. The van der Waals surface area contributed by atoms with Crippen molar-refractivity contribution in [3.63, 3.8) is 0 Å². The summed E-state index contributed by atoms with van der Waals surface area (Å²) in [7, 11) is 0. The smallest absolute Gasteiger partial charge is 0.223 e. The van der Waals surface area contributed by atoms with Crippen LogP contribution in [0, 0.1) is 0 Å². The molecule has 1 aromatic heterocycles. The van der Waals surface area contributed by atoms with E-state index in [4.69, 9.17) is 0 Å². The minimum Gasteiger partial charge on any atom is -0.356 e. The van der Waals surface area contributed by atoms with E-state index in [1.165, 1.54) is 6.92 Å². The molecule has 0 spiro atoms. The molecule has 2 amide bonds. The third kappa shape index (κ3) is 3.67. The molecule has 0 saturated heterocycles. The van der Waals surface area contributed by atoms with Crippen LogP contribution in [0.4, 0.5) is 0 Å². The minimum atomic E-state index is -0.287. The lowest BCUT2D eigenvalue weighted by Gasteiger charge is -2.32. The SMILES string of the molecule is CC(=O)N1C=Cc2ccccc2C1CC(=O)NCCc1nc2ccccc2[nH]1. The summed E-state index contributed by atoms with van der Waals surface area (Å²) in [5, 5.41) is 2.95. The largest absolute Gasteiger partial charge is 0.356 e. The molecule has 142 valence electrons. The van der Waals surface area contributed by atoms with Crippen LogP contribution >= 0.6 is 0 Å². The summed E-state index contributed by atoms with van der Waals surface area (Å²) in [6.45, 7) is 2.01. The van der Waals surface area contributed by atoms with Gasteiger partial charge in [-0.05, 0) is 29.3 Å². The van der Waals surface area contributed by atoms with Crippen LogP contribution in [-0.4, -0.2) is 33.2 Å². The molecule has 1 aliphatic heterocycles. The number of fused-ring (bicyclic) bond motifs is 2. The Morgan fingerprint density at radius 2 is 1.93 bits per heavy atom. The predicted octanol–water partition coefficient (Wildman–Crippen LogP) is 3.19. The fraction of sp³-hybridized carbons (Fsp3) is 0.227. The normalized spacial score (nSPS) is 15.5. The quantitative estimate of drug-likeness (QED) is 0.720. The van der Waals surface area contributed by atoms with Gasteiger partial charge in [-0.15, -0.1) is 0 Å². The average molecular weight is 374 g/mol. The number of carbonyl (C=O) groups excluding carboxylic acids is 2. The zero-order valence-corrected chi connectivity index (χ0v) is 15.7. The molecule has 0 aliphatic carbocycles. The summed E-state index contributed by atoms with van der Waals surface area (Å²) in [4.78, 5) is 34.0. The van der Waals surface area contributed by atoms with E-state index in [0.717, 1.165) is 28.0 Å². The van der Waals surface area contributed by atoms with Crippen LogP contribution < -0.4 is 5.32 Å². The van der Waals surface area contributed by atoms with E-state index in [-0.39, 0.29) is 24.3 Å². The highest BCUT2D eigenvalue weighted by molar-refractivity contribution is 5.82. The van der Waals surface area contributed by atoms with Gasteiger partial charge in [0.2, 0.25) is 11.8 Å². The van der Waals surface area contributed by atoms with Crippen LogP contribution in [0.5, 0.6) is 0 Å². The number of para-hydroxylation sites is 2. The third-order valence-electron chi connectivity index (χ3n) is 4.97. The van der Waals surface area contributed by atoms with Crippen LogP contribution in [0.2, 0.25) is 0 Å². The number of aromatic amines is 1. The maximum Gasteiger partial charge on any atom is 0.223 e. The summed E-state index contributed by atoms with van der Waals surface area (Å²) in [6.07, 6.45) is 4.52. The number of hydrogen-bond acceptors (Lipinski definition) is 3. The fourth-order valence-electron chi connectivity index (χ4n) is 3.61. The van der Waals surface area contributed by atoms with E-state index in [1.807, 2.05) is 54.6 Å². The number of benzene rings is 2. The maximum absolute atomic E-state index is 12.5. The van der Waals surface area contributed by atoms with Gasteiger partial charge in [0.15, 0.2) is 0 Å². The summed E-state index contributed by atoms with van der Waals surface area (Å²) >= 11 is 0. The lowest BCUT2D eigenvalue weighted by atomic mass is 9.93. The molecule has 3 aromatic rings. The number of hydrogen-bond donors (Lipinski definition) is 2. The summed E-state index contributed by atoms with van der Waals surface area (Å²) in [6, 6.07) is 15.4. The van der Waals surface area contributed by atoms with Gasteiger partial charge in [0.05, 0.1) is 23.5 Å². The van der Waals surface area contributed by atoms with Crippen molar-refractivity contribution in [2.24, 2.45) is 0 Å². The summed E-state index contributed by atoms with van der Waals surface area (Å²) < 4.78 is 0. The molecule has 2 N–H and O–H groups in total. The number of amides is 2. The number of H-pyrrole nitrogens is 1. The Bertz CT molecular complexity index is 1020. The lowest BCUT2D eigenvalue weighted by Crippen LogP contribution is -2.35. The molecule has 1 atom stereocenters. The predicted molar refractivity (Wildman–Crippen MR) is 108 cm³/mol. The molecule has 1 unspecified atom stereocenters. The Kier molecular flexibility index (Phi) is 4.93. The second-order valence-electron chi connectivity index (χ2n) is 6.89. The van der Waals surface area contributed by atoms with Gasteiger partial charge in [0, 0.05) is 26.1 Å². The fourth-order valence-corrected chi connectivity index (χ4v) is 3.61. The Balaban J connectivity index is 1.39. The standard InChI is InChI=1S/C22H22N4O2/c1-15(27)26-13-11-16-6-2-3-7-17(16)20(26)14-22(28)23-12-10-21-24-18-8-4-5-9-19(18)25-21/h2-9,11,13,20H,10,12,14H2,1H3,(H,23,28)(H,24,25). The molecule has 0 saturated carbocycles. The van der Waals surface area contributed by atoms with Crippen LogP contribution in [0.15, 0.2) is 54.7 Å². The van der Waals surface area contributed by atoms with Crippen LogP contribution in [0.25, 0.3) is 17.1 Å². The van der Waals surface area contributed by atoms with Gasteiger partial charge in [-0.3, -0.25) is 9.59 Å². The minimum absolute atomic E-state index is 0.0779. The van der Waals surface area contributed by atoms with Gasteiger partial charge in [0.1, 0.15) is 5.82 Å². The van der Waals surface area contributed by atoms with E-state index in [0.29, 0.717) is 13.0 Å². The van der Waals surface area contributed by atoms with Crippen molar-refractivity contribution in [3.8, 4) is 0 Å². The molecular weight excluding hydrogens is 352 g/mol. The Labute approximate surface area is 163 Å². The number of nitrogens with zero attached hydrogens (tertiary/aromatic N) is 2. The highest BCUT2D eigenvalue weighted by Gasteiger charge is 2.27. The van der Waals surface area contributed by atoms with Crippen LogP contribution in [0.1, 0.15) is 36.3 Å². The molecular formula is C22H22N4O2. The highest BCUT2D eigenvalue weighted by Crippen LogP contribution is 2.32. The Morgan fingerprint density at radius 1 is 1.14 bits per heavy atom. The zero-order valence-electron chi connectivity index (χ0n) is 15.7. The van der Waals surface area contributed by atoms with E-state index >= 15 is 0 Å². The molecule has 1 aliphatic rings. The molecule has 4 rings (SSSR count). The molecule has 6 heteroatoms. The molecule has 6 nitrogen and oxygen atoms in total. The third-order valence-corrected chi connectivity index (χ3v) is 4.97. The molecule has 0 fully saturated rings. The summed E-state index contributed by atoms with van der Waals surface area (Å²) in [5.41, 5.74) is 3.95. The first kappa shape index (κ1) is 18.0. The van der Waals surface area contributed by atoms with E-state index < -0.39 is 0 Å². The molecule has 0 radical (unpaired) electrons.